The molecular weight excluding hydrogens is 228 g/mol. The Labute approximate surface area is 107 Å². The zero-order valence-electron chi connectivity index (χ0n) is 10.5. The maximum Gasteiger partial charge on any atom is 0.224 e. The van der Waals surface area contributed by atoms with Gasteiger partial charge in [-0.2, -0.15) is 0 Å². The van der Waals surface area contributed by atoms with E-state index in [0.29, 0.717) is 6.54 Å². The predicted octanol–water partition coefficient (Wildman–Crippen LogP) is 0.795. The molecule has 1 aromatic carbocycles. The summed E-state index contributed by atoms with van der Waals surface area (Å²) in [7, 11) is 0. The molecule has 0 saturated carbocycles. The molecule has 0 unspecified atom stereocenters. The summed E-state index contributed by atoms with van der Waals surface area (Å²) in [6, 6.07) is 7.63. The van der Waals surface area contributed by atoms with Gasteiger partial charge in [-0.05, 0) is 30.5 Å². The van der Waals surface area contributed by atoms with Crippen LogP contribution in [-0.4, -0.2) is 24.1 Å². The second-order valence-electron chi connectivity index (χ2n) is 4.74. The van der Waals surface area contributed by atoms with Gasteiger partial charge >= 0.3 is 0 Å². The van der Waals surface area contributed by atoms with Gasteiger partial charge in [-0.3, -0.25) is 4.79 Å². The van der Waals surface area contributed by atoms with E-state index in [2.05, 4.69) is 10.6 Å². The first kappa shape index (κ1) is 13.1. The van der Waals surface area contributed by atoms with Crippen molar-refractivity contribution in [2.24, 2.45) is 5.92 Å². The third-order valence-corrected chi connectivity index (χ3v) is 3.34. The van der Waals surface area contributed by atoms with Crippen molar-refractivity contribution in [1.82, 2.24) is 10.6 Å². The minimum absolute atomic E-state index is 0.0559. The number of carbonyl (C=O) groups excluding carboxylic acids is 1. The molecule has 1 aliphatic heterocycles. The lowest BCUT2D eigenvalue weighted by Crippen LogP contribution is -2.40. The van der Waals surface area contributed by atoms with Crippen molar-refractivity contribution in [1.29, 1.82) is 0 Å². The Morgan fingerprint density at radius 3 is 2.67 bits per heavy atom. The Morgan fingerprint density at radius 2 is 2.06 bits per heavy atom. The molecule has 1 atom stereocenters. The highest BCUT2D eigenvalue weighted by Gasteiger charge is 2.20. The minimum atomic E-state index is 0.0559. The number of hydrogen-bond acceptors (Lipinski definition) is 3. The molecule has 98 valence electrons. The summed E-state index contributed by atoms with van der Waals surface area (Å²) < 4.78 is 0. The Bertz CT molecular complexity index is 383. The van der Waals surface area contributed by atoms with E-state index >= 15 is 0 Å². The fraction of sp³-hybridized carbons (Fsp3) is 0.500. The number of nitrogens with one attached hydrogen (secondary N) is 2. The number of carbonyl (C=O) groups is 1. The Kier molecular flexibility index (Phi) is 4.73. The number of aliphatic hydroxyl groups is 1. The van der Waals surface area contributed by atoms with Crippen LogP contribution in [0.15, 0.2) is 24.3 Å². The first-order valence-corrected chi connectivity index (χ1v) is 6.46. The van der Waals surface area contributed by atoms with Crippen LogP contribution in [0.3, 0.4) is 0 Å². The highest BCUT2D eigenvalue weighted by Crippen LogP contribution is 2.10. The third kappa shape index (κ3) is 3.55. The van der Waals surface area contributed by atoms with Crippen LogP contribution in [0.5, 0.6) is 0 Å². The lowest BCUT2D eigenvalue weighted by Gasteiger charge is -2.21. The van der Waals surface area contributed by atoms with Gasteiger partial charge in [0.1, 0.15) is 0 Å². The fourth-order valence-corrected chi connectivity index (χ4v) is 2.17. The number of benzene rings is 1. The standard InChI is InChI=1S/C14H20N2O2/c17-10-12-5-3-11(4-6-12)8-16-14(18)13-2-1-7-15-9-13/h3-6,13,15,17H,1-2,7-10H2,(H,16,18)/t13-/m1/s1. The van der Waals surface area contributed by atoms with Crippen molar-refractivity contribution in [2.45, 2.75) is 26.0 Å². The van der Waals surface area contributed by atoms with E-state index < -0.39 is 0 Å². The van der Waals surface area contributed by atoms with E-state index in [-0.39, 0.29) is 18.4 Å². The van der Waals surface area contributed by atoms with E-state index in [0.717, 1.165) is 37.1 Å². The Hall–Kier alpha value is -1.39. The molecule has 4 heteroatoms. The number of hydrogen-bond donors (Lipinski definition) is 3. The highest BCUT2D eigenvalue weighted by atomic mass is 16.3. The molecule has 18 heavy (non-hydrogen) atoms. The molecule has 1 saturated heterocycles. The SMILES string of the molecule is O=C(NCc1ccc(CO)cc1)[C@@H]1CCCNC1. The van der Waals surface area contributed by atoms with Crippen molar-refractivity contribution in [3.05, 3.63) is 35.4 Å². The molecule has 1 aliphatic rings. The number of piperidine rings is 1. The van der Waals surface area contributed by atoms with Crippen molar-refractivity contribution in [3.63, 3.8) is 0 Å². The van der Waals surface area contributed by atoms with Gasteiger partial charge in [0.05, 0.1) is 12.5 Å². The van der Waals surface area contributed by atoms with Crippen molar-refractivity contribution < 1.29 is 9.90 Å². The predicted molar refractivity (Wildman–Crippen MR) is 69.8 cm³/mol. The van der Waals surface area contributed by atoms with Gasteiger partial charge in [-0.1, -0.05) is 24.3 Å². The van der Waals surface area contributed by atoms with Crippen LogP contribution in [0.2, 0.25) is 0 Å². The summed E-state index contributed by atoms with van der Waals surface area (Å²) >= 11 is 0. The van der Waals surface area contributed by atoms with Crippen LogP contribution < -0.4 is 10.6 Å². The molecule has 1 fully saturated rings. The van der Waals surface area contributed by atoms with Crippen LogP contribution in [0.25, 0.3) is 0 Å². The van der Waals surface area contributed by atoms with Gasteiger partial charge in [-0.25, -0.2) is 0 Å². The zero-order chi connectivity index (χ0) is 12.8. The number of rotatable bonds is 4. The second-order valence-corrected chi connectivity index (χ2v) is 4.74. The molecule has 0 aliphatic carbocycles. The molecule has 2 rings (SSSR count). The summed E-state index contributed by atoms with van der Waals surface area (Å²) in [4.78, 5) is 11.9. The topological polar surface area (TPSA) is 61.4 Å². The van der Waals surface area contributed by atoms with E-state index in [9.17, 15) is 4.79 Å². The van der Waals surface area contributed by atoms with E-state index in [4.69, 9.17) is 5.11 Å². The first-order valence-electron chi connectivity index (χ1n) is 6.46. The van der Waals surface area contributed by atoms with Crippen LogP contribution in [0, 0.1) is 5.92 Å². The molecule has 4 nitrogen and oxygen atoms in total. The van der Waals surface area contributed by atoms with Crippen LogP contribution in [-0.2, 0) is 17.9 Å². The number of aliphatic hydroxyl groups excluding tert-OH is 1. The first-order chi connectivity index (χ1) is 8.79. The average Bonchev–Trinajstić information content (AvgIpc) is 2.46. The fourth-order valence-electron chi connectivity index (χ4n) is 2.17. The Morgan fingerprint density at radius 1 is 1.33 bits per heavy atom. The van der Waals surface area contributed by atoms with Crippen LogP contribution in [0.4, 0.5) is 0 Å². The molecule has 0 aromatic heterocycles. The summed E-state index contributed by atoms with van der Waals surface area (Å²) in [6.45, 7) is 2.42. The van der Waals surface area contributed by atoms with Gasteiger partial charge < -0.3 is 15.7 Å². The molecule has 0 bridgehead atoms. The van der Waals surface area contributed by atoms with Crippen LogP contribution in [0.1, 0.15) is 24.0 Å². The quantitative estimate of drug-likeness (QED) is 0.738. The van der Waals surface area contributed by atoms with Crippen molar-refractivity contribution >= 4 is 5.91 Å². The maximum atomic E-state index is 11.9. The summed E-state index contributed by atoms with van der Waals surface area (Å²) in [5.41, 5.74) is 1.95. The van der Waals surface area contributed by atoms with Crippen molar-refractivity contribution in [3.8, 4) is 0 Å². The van der Waals surface area contributed by atoms with Gasteiger partial charge in [-0.15, -0.1) is 0 Å². The van der Waals surface area contributed by atoms with Gasteiger partial charge in [0, 0.05) is 13.1 Å². The molecule has 1 aromatic rings. The maximum absolute atomic E-state index is 11.9. The Balaban J connectivity index is 1.80. The smallest absolute Gasteiger partial charge is 0.224 e. The summed E-state index contributed by atoms with van der Waals surface area (Å²) in [6.07, 6.45) is 2.05. The zero-order valence-corrected chi connectivity index (χ0v) is 10.5. The van der Waals surface area contributed by atoms with Gasteiger partial charge in [0.2, 0.25) is 5.91 Å². The lowest BCUT2D eigenvalue weighted by molar-refractivity contribution is -0.125. The molecule has 0 spiro atoms. The third-order valence-electron chi connectivity index (χ3n) is 3.34. The minimum Gasteiger partial charge on any atom is -0.392 e. The average molecular weight is 248 g/mol. The normalized spacial score (nSPS) is 19.5. The monoisotopic (exact) mass is 248 g/mol. The lowest BCUT2D eigenvalue weighted by atomic mass is 9.99. The van der Waals surface area contributed by atoms with E-state index in [1.807, 2.05) is 24.3 Å². The molecular formula is C14H20N2O2. The largest absolute Gasteiger partial charge is 0.392 e. The summed E-state index contributed by atoms with van der Waals surface area (Å²) in [5.74, 6) is 0.240. The molecule has 0 radical (unpaired) electrons. The van der Waals surface area contributed by atoms with E-state index in [1.54, 1.807) is 0 Å². The van der Waals surface area contributed by atoms with E-state index in [1.165, 1.54) is 0 Å². The van der Waals surface area contributed by atoms with Crippen LogP contribution >= 0.6 is 0 Å². The summed E-state index contributed by atoms with van der Waals surface area (Å²) in [5, 5.41) is 15.1. The molecule has 1 heterocycles. The highest BCUT2D eigenvalue weighted by molar-refractivity contribution is 5.78. The molecule has 1 amide bonds. The van der Waals surface area contributed by atoms with Gasteiger partial charge in [0.25, 0.3) is 0 Å². The van der Waals surface area contributed by atoms with Crippen molar-refractivity contribution in [2.75, 3.05) is 13.1 Å². The second kappa shape index (κ2) is 6.52. The molecule has 3 N–H and O–H groups in total. The number of amides is 1. The van der Waals surface area contributed by atoms with Gasteiger partial charge in [0.15, 0.2) is 0 Å².